The number of aromatic amines is 1. The molecule has 5 heteroatoms. The predicted octanol–water partition coefficient (Wildman–Crippen LogP) is 4.29. The largest absolute Gasteiger partial charge is 0.496 e. The van der Waals surface area contributed by atoms with E-state index in [1.165, 1.54) is 0 Å². The van der Waals surface area contributed by atoms with Gasteiger partial charge in [0, 0.05) is 10.6 Å². The SMILES string of the molecule is COc1ccc(Cl)cc1C=C(C#N)c1nc2ccccc2[nH]1. The number of fused-ring (bicyclic) bond motifs is 1. The number of imidazole rings is 1. The summed E-state index contributed by atoms with van der Waals surface area (Å²) in [6, 6.07) is 15.1. The Labute approximate surface area is 132 Å². The van der Waals surface area contributed by atoms with Crippen molar-refractivity contribution < 1.29 is 4.74 Å². The van der Waals surface area contributed by atoms with Crippen LogP contribution in [0.15, 0.2) is 42.5 Å². The van der Waals surface area contributed by atoms with Crippen LogP contribution in [0.1, 0.15) is 11.4 Å². The summed E-state index contributed by atoms with van der Waals surface area (Å²) in [5, 5.41) is 10.0. The second-order valence-corrected chi connectivity index (χ2v) is 5.10. The summed E-state index contributed by atoms with van der Waals surface area (Å²) < 4.78 is 5.30. The molecular formula is C17H12ClN3O. The molecule has 4 nitrogen and oxygen atoms in total. The van der Waals surface area contributed by atoms with Gasteiger partial charge in [0.25, 0.3) is 0 Å². The van der Waals surface area contributed by atoms with Crippen LogP contribution in [0.3, 0.4) is 0 Å². The number of para-hydroxylation sites is 2. The zero-order valence-electron chi connectivity index (χ0n) is 11.8. The van der Waals surface area contributed by atoms with Crippen LogP contribution in [0.2, 0.25) is 5.02 Å². The minimum absolute atomic E-state index is 0.414. The van der Waals surface area contributed by atoms with Gasteiger partial charge in [-0.3, -0.25) is 0 Å². The van der Waals surface area contributed by atoms with Crippen molar-refractivity contribution in [2.75, 3.05) is 7.11 Å². The zero-order valence-corrected chi connectivity index (χ0v) is 12.6. The van der Waals surface area contributed by atoms with Crippen molar-refractivity contribution in [3.63, 3.8) is 0 Å². The van der Waals surface area contributed by atoms with E-state index in [9.17, 15) is 5.26 Å². The van der Waals surface area contributed by atoms with Crippen LogP contribution in [0, 0.1) is 11.3 Å². The van der Waals surface area contributed by atoms with Crippen LogP contribution in [-0.4, -0.2) is 17.1 Å². The summed E-state index contributed by atoms with van der Waals surface area (Å²) in [6.07, 6.45) is 1.71. The highest BCUT2D eigenvalue weighted by atomic mass is 35.5. The Hall–Kier alpha value is -2.77. The van der Waals surface area contributed by atoms with Crippen molar-refractivity contribution in [3.8, 4) is 11.8 Å². The van der Waals surface area contributed by atoms with Gasteiger partial charge in [-0.05, 0) is 36.4 Å². The molecule has 0 aliphatic rings. The second kappa shape index (κ2) is 5.92. The third-order valence-corrected chi connectivity index (χ3v) is 3.49. The highest BCUT2D eigenvalue weighted by molar-refractivity contribution is 6.30. The molecule has 22 heavy (non-hydrogen) atoms. The van der Waals surface area contributed by atoms with E-state index in [1.807, 2.05) is 24.3 Å². The number of methoxy groups -OCH3 is 1. The first-order chi connectivity index (χ1) is 10.7. The smallest absolute Gasteiger partial charge is 0.149 e. The molecule has 0 saturated heterocycles. The number of nitrogens with one attached hydrogen (secondary N) is 1. The first-order valence-electron chi connectivity index (χ1n) is 6.61. The number of aromatic nitrogens is 2. The van der Waals surface area contributed by atoms with Gasteiger partial charge in [0.2, 0.25) is 0 Å². The highest BCUT2D eigenvalue weighted by Crippen LogP contribution is 2.27. The maximum Gasteiger partial charge on any atom is 0.149 e. The number of ether oxygens (including phenoxy) is 1. The molecule has 1 heterocycles. The lowest BCUT2D eigenvalue weighted by atomic mass is 10.1. The monoisotopic (exact) mass is 309 g/mol. The molecular weight excluding hydrogens is 298 g/mol. The molecule has 0 aliphatic carbocycles. The molecule has 1 aromatic heterocycles. The quantitative estimate of drug-likeness (QED) is 0.734. The Morgan fingerprint density at radius 1 is 1.32 bits per heavy atom. The zero-order chi connectivity index (χ0) is 15.5. The van der Waals surface area contributed by atoms with Crippen LogP contribution in [0.25, 0.3) is 22.7 Å². The number of hydrogen-bond acceptors (Lipinski definition) is 3. The van der Waals surface area contributed by atoms with Crippen LogP contribution in [0.4, 0.5) is 0 Å². The van der Waals surface area contributed by atoms with E-state index in [0.717, 1.165) is 16.6 Å². The highest BCUT2D eigenvalue weighted by Gasteiger charge is 2.09. The van der Waals surface area contributed by atoms with Gasteiger partial charge >= 0.3 is 0 Å². The number of hydrogen-bond donors (Lipinski definition) is 1. The molecule has 1 N–H and O–H groups in total. The molecule has 0 radical (unpaired) electrons. The van der Waals surface area contributed by atoms with E-state index in [1.54, 1.807) is 31.4 Å². The fourth-order valence-corrected chi connectivity index (χ4v) is 2.39. The Morgan fingerprint density at radius 2 is 2.14 bits per heavy atom. The van der Waals surface area contributed by atoms with Gasteiger partial charge in [-0.1, -0.05) is 23.7 Å². The molecule has 2 aromatic carbocycles. The Bertz CT molecular complexity index is 873. The van der Waals surface area contributed by atoms with Crippen LogP contribution < -0.4 is 4.74 Å². The molecule has 3 rings (SSSR count). The number of allylic oxidation sites excluding steroid dienone is 1. The summed E-state index contributed by atoms with van der Waals surface area (Å²) in [5.41, 5.74) is 2.84. The van der Waals surface area contributed by atoms with Crippen molar-refractivity contribution >= 4 is 34.3 Å². The first kappa shape index (κ1) is 14.2. The van der Waals surface area contributed by atoms with Crippen molar-refractivity contribution in [2.45, 2.75) is 0 Å². The lowest BCUT2D eigenvalue weighted by molar-refractivity contribution is 0.414. The van der Waals surface area contributed by atoms with Crippen molar-refractivity contribution in [1.82, 2.24) is 9.97 Å². The van der Waals surface area contributed by atoms with Crippen molar-refractivity contribution in [1.29, 1.82) is 5.26 Å². The molecule has 0 saturated carbocycles. The van der Waals surface area contributed by atoms with Crippen molar-refractivity contribution in [2.24, 2.45) is 0 Å². The lowest BCUT2D eigenvalue weighted by Crippen LogP contribution is -1.89. The Morgan fingerprint density at radius 3 is 2.86 bits per heavy atom. The average molecular weight is 310 g/mol. The van der Waals surface area contributed by atoms with Crippen LogP contribution in [0.5, 0.6) is 5.75 Å². The fourth-order valence-electron chi connectivity index (χ4n) is 2.21. The standard InChI is InChI=1S/C17H12ClN3O/c1-22-16-7-6-13(18)9-11(16)8-12(10-19)17-20-14-4-2-3-5-15(14)21-17/h2-9H,1H3,(H,20,21). The normalized spacial score (nSPS) is 11.4. The number of H-pyrrole nitrogens is 1. The van der Waals surface area contributed by atoms with E-state index >= 15 is 0 Å². The number of halogens is 1. The molecule has 0 unspecified atom stereocenters. The third kappa shape index (κ3) is 2.67. The summed E-state index contributed by atoms with van der Waals surface area (Å²) in [5.74, 6) is 1.17. The average Bonchev–Trinajstić information content (AvgIpc) is 2.96. The van der Waals surface area contributed by atoms with E-state index in [-0.39, 0.29) is 0 Å². The van der Waals surface area contributed by atoms with Crippen LogP contribution >= 0.6 is 11.6 Å². The van der Waals surface area contributed by atoms with E-state index in [4.69, 9.17) is 16.3 Å². The number of benzene rings is 2. The number of rotatable bonds is 3. The van der Waals surface area contributed by atoms with Gasteiger partial charge in [0.05, 0.1) is 23.7 Å². The summed E-state index contributed by atoms with van der Waals surface area (Å²) in [7, 11) is 1.58. The molecule has 108 valence electrons. The Kier molecular flexibility index (Phi) is 3.82. The molecule has 0 amide bonds. The molecule has 0 aliphatic heterocycles. The van der Waals surface area contributed by atoms with Gasteiger partial charge in [-0.2, -0.15) is 5.26 Å². The maximum absolute atomic E-state index is 9.45. The second-order valence-electron chi connectivity index (χ2n) is 4.66. The van der Waals surface area contributed by atoms with Crippen molar-refractivity contribution in [3.05, 3.63) is 58.9 Å². The van der Waals surface area contributed by atoms with E-state index in [0.29, 0.717) is 22.2 Å². The fraction of sp³-hybridized carbons (Fsp3) is 0.0588. The van der Waals surface area contributed by atoms with Gasteiger partial charge in [-0.25, -0.2) is 4.98 Å². The van der Waals surface area contributed by atoms with Gasteiger partial charge in [0.15, 0.2) is 0 Å². The number of nitriles is 1. The Balaban J connectivity index is 2.11. The molecule has 3 aromatic rings. The van der Waals surface area contributed by atoms with Gasteiger partial charge < -0.3 is 9.72 Å². The number of nitrogens with zero attached hydrogens (tertiary/aromatic N) is 2. The molecule has 0 spiro atoms. The third-order valence-electron chi connectivity index (χ3n) is 3.26. The molecule has 0 bridgehead atoms. The topological polar surface area (TPSA) is 61.7 Å². The van der Waals surface area contributed by atoms with Gasteiger partial charge in [0.1, 0.15) is 17.6 Å². The van der Waals surface area contributed by atoms with E-state index in [2.05, 4.69) is 16.0 Å². The minimum Gasteiger partial charge on any atom is -0.496 e. The van der Waals surface area contributed by atoms with Gasteiger partial charge in [-0.15, -0.1) is 0 Å². The summed E-state index contributed by atoms with van der Waals surface area (Å²) in [4.78, 5) is 7.58. The first-order valence-corrected chi connectivity index (χ1v) is 6.99. The van der Waals surface area contributed by atoms with E-state index < -0.39 is 0 Å². The summed E-state index contributed by atoms with van der Waals surface area (Å²) >= 11 is 6.02. The molecule has 0 fully saturated rings. The minimum atomic E-state index is 0.414. The van der Waals surface area contributed by atoms with Crippen LogP contribution in [-0.2, 0) is 0 Å². The maximum atomic E-state index is 9.45. The predicted molar refractivity (Wildman–Crippen MR) is 87.6 cm³/mol. The molecule has 0 atom stereocenters. The summed E-state index contributed by atoms with van der Waals surface area (Å²) in [6.45, 7) is 0. The lowest BCUT2D eigenvalue weighted by Gasteiger charge is -2.05.